The molecule has 42 heavy (non-hydrogen) atoms. The maximum absolute atomic E-state index is 14.3. The summed E-state index contributed by atoms with van der Waals surface area (Å²) in [5.74, 6) is -1.22. The monoisotopic (exact) mass is 581 g/mol. The van der Waals surface area contributed by atoms with Crippen molar-refractivity contribution in [3.05, 3.63) is 49.6 Å². The summed E-state index contributed by atoms with van der Waals surface area (Å²) < 4.78 is 12.2. The Morgan fingerprint density at radius 1 is 1.10 bits per heavy atom. The highest BCUT2D eigenvalue weighted by Gasteiger charge is 2.74. The van der Waals surface area contributed by atoms with E-state index in [0.717, 1.165) is 19.3 Å². The number of likely N-dealkylation sites (tertiary alicyclic amines) is 1. The summed E-state index contributed by atoms with van der Waals surface area (Å²) >= 11 is 0. The third kappa shape index (κ3) is 5.99. The maximum atomic E-state index is 14.3. The number of carbonyl (C=O) groups excluding carboxylic acids is 3. The zero-order valence-electron chi connectivity index (χ0n) is 25.2. The van der Waals surface area contributed by atoms with Crippen LogP contribution in [0.4, 0.5) is 5.69 Å². The van der Waals surface area contributed by atoms with E-state index in [1.165, 1.54) is 0 Å². The number of aliphatic hydroxyl groups excluding tert-OH is 1. The van der Waals surface area contributed by atoms with Crippen LogP contribution in [-0.2, 0) is 19.1 Å². The molecule has 2 unspecified atom stereocenters. The summed E-state index contributed by atoms with van der Waals surface area (Å²) in [5, 5.41) is 9.28. The number of hydrogen-bond acceptors (Lipinski definition) is 6. The van der Waals surface area contributed by atoms with E-state index in [1.54, 1.807) is 26.9 Å². The number of anilines is 1. The molecule has 3 fully saturated rings. The molecule has 2 bridgehead atoms. The second-order valence-electron chi connectivity index (χ2n) is 11.5. The van der Waals surface area contributed by atoms with Crippen LogP contribution in [-0.4, -0.2) is 89.8 Å². The predicted molar refractivity (Wildman–Crippen MR) is 162 cm³/mol. The smallest absolute Gasteiger partial charge is 0.248 e. The van der Waals surface area contributed by atoms with Crippen molar-refractivity contribution in [1.82, 2.24) is 9.80 Å². The molecule has 3 aliphatic rings. The first-order valence-corrected chi connectivity index (χ1v) is 15.5. The summed E-state index contributed by atoms with van der Waals surface area (Å²) in [5.41, 5.74) is -0.351. The molecule has 3 amide bonds. The van der Waals surface area contributed by atoms with Gasteiger partial charge < -0.3 is 29.3 Å². The van der Waals surface area contributed by atoms with Crippen LogP contribution in [0.1, 0.15) is 58.8 Å². The summed E-state index contributed by atoms with van der Waals surface area (Å²) in [6.45, 7) is 14.0. The Hall–Kier alpha value is -3.17. The highest BCUT2D eigenvalue weighted by atomic mass is 16.5. The van der Waals surface area contributed by atoms with Gasteiger partial charge >= 0.3 is 0 Å². The SMILES string of the molecule is C=CCN(CCCC)C(=O)C1N(CCCCCO)C(=O)[C@@H]2[C@@H](C(=O)N(CC=C)c3ccc(OCC)cc3)[C@H]3CCC12O3. The molecule has 9 heteroatoms. The molecular weight excluding hydrogens is 534 g/mol. The average molecular weight is 582 g/mol. The van der Waals surface area contributed by atoms with E-state index < -0.39 is 29.6 Å². The second-order valence-corrected chi connectivity index (χ2v) is 11.5. The van der Waals surface area contributed by atoms with Crippen LogP contribution in [0.3, 0.4) is 0 Å². The lowest BCUT2D eigenvalue weighted by Gasteiger charge is -2.37. The number of aliphatic hydroxyl groups is 1. The second kappa shape index (κ2) is 14.3. The van der Waals surface area contributed by atoms with E-state index in [1.807, 2.05) is 31.2 Å². The van der Waals surface area contributed by atoms with Crippen LogP contribution >= 0.6 is 0 Å². The largest absolute Gasteiger partial charge is 0.494 e. The summed E-state index contributed by atoms with van der Waals surface area (Å²) in [4.78, 5) is 48.0. The number of rotatable bonds is 17. The molecule has 1 N–H and O–H groups in total. The van der Waals surface area contributed by atoms with Gasteiger partial charge in [-0.1, -0.05) is 25.5 Å². The molecule has 230 valence electrons. The Balaban J connectivity index is 1.68. The van der Waals surface area contributed by atoms with E-state index in [9.17, 15) is 19.5 Å². The first kappa shape index (κ1) is 31.8. The predicted octanol–water partition coefficient (Wildman–Crippen LogP) is 3.96. The van der Waals surface area contributed by atoms with Crippen LogP contribution in [0.25, 0.3) is 0 Å². The molecule has 4 rings (SSSR count). The molecule has 5 atom stereocenters. The first-order valence-electron chi connectivity index (χ1n) is 15.5. The molecule has 3 aliphatic heterocycles. The van der Waals surface area contributed by atoms with Gasteiger partial charge in [-0.15, -0.1) is 13.2 Å². The van der Waals surface area contributed by atoms with Crippen molar-refractivity contribution in [2.24, 2.45) is 11.8 Å². The van der Waals surface area contributed by atoms with Crippen molar-refractivity contribution >= 4 is 23.4 Å². The van der Waals surface area contributed by atoms with Crippen LogP contribution in [0.2, 0.25) is 0 Å². The van der Waals surface area contributed by atoms with Gasteiger partial charge in [-0.3, -0.25) is 14.4 Å². The number of benzene rings is 1. The first-order chi connectivity index (χ1) is 20.4. The molecule has 3 saturated heterocycles. The third-order valence-electron chi connectivity index (χ3n) is 8.86. The molecule has 0 aliphatic carbocycles. The quantitative estimate of drug-likeness (QED) is 0.221. The highest BCUT2D eigenvalue weighted by molar-refractivity contribution is 6.03. The minimum absolute atomic E-state index is 0.0824. The zero-order chi connectivity index (χ0) is 30.3. The fraction of sp³-hybridized carbons (Fsp3) is 0.606. The lowest BCUT2D eigenvalue weighted by Crippen LogP contribution is -2.56. The minimum Gasteiger partial charge on any atom is -0.494 e. The van der Waals surface area contributed by atoms with Crippen molar-refractivity contribution in [2.75, 3.05) is 44.3 Å². The Kier molecular flexibility index (Phi) is 10.8. The van der Waals surface area contributed by atoms with E-state index >= 15 is 0 Å². The minimum atomic E-state index is -1.04. The summed E-state index contributed by atoms with van der Waals surface area (Å²) in [6.07, 6.45) is 7.94. The number of ether oxygens (including phenoxy) is 2. The van der Waals surface area contributed by atoms with Gasteiger partial charge in [0, 0.05) is 38.5 Å². The number of fused-ring (bicyclic) bond motifs is 1. The Bertz CT molecular complexity index is 1120. The normalized spacial score (nSPS) is 25.8. The van der Waals surface area contributed by atoms with Gasteiger partial charge in [0.1, 0.15) is 17.4 Å². The van der Waals surface area contributed by atoms with Gasteiger partial charge in [-0.05, 0) is 69.7 Å². The molecule has 0 saturated carbocycles. The fourth-order valence-electron chi connectivity index (χ4n) is 7.02. The van der Waals surface area contributed by atoms with Gasteiger partial charge in [0.15, 0.2) is 0 Å². The number of unbranched alkanes of at least 4 members (excludes halogenated alkanes) is 3. The fourth-order valence-corrected chi connectivity index (χ4v) is 7.02. The summed E-state index contributed by atoms with van der Waals surface area (Å²) in [6, 6.07) is 6.55. The molecule has 0 radical (unpaired) electrons. The van der Waals surface area contributed by atoms with Crippen LogP contribution in [0.5, 0.6) is 5.75 Å². The van der Waals surface area contributed by atoms with Gasteiger partial charge in [0.05, 0.1) is 24.5 Å². The highest BCUT2D eigenvalue weighted by Crippen LogP contribution is 2.59. The number of hydrogen-bond donors (Lipinski definition) is 1. The van der Waals surface area contributed by atoms with Crippen molar-refractivity contribution < 1.29 is 29.0 Å². The number of amides is 3. The maximum Gasteiger partial charge on any atom is 0.248 e. The van der Waals surface area contributed by atoms with Gasteiger partial charge in [-0.25, -0.2) is 0 Å². The molecule has 1 aromatic carbocycles. The molecule has 1 aromatic rings. The Labute approximate surface area is 250 Å². The molecule has 1 spiro atoms. The van der Waals surface area contributed by atoms with Crippen molar-refractivity contribution in [3.8, 4) is 5.75 Å². The van der Waals surface area contributed by atoms with Crippen LogP contribution in [0.15, 0.2) is 49.6 Å². The van der Waals surface area contributed by atoms with E-state index in [0.29, 0.717) is 63.4 Å². The average Bonchev–Trinajstić information content (AvgIpc) is 3.63. The van der Waals surface area contributed by atoms with Crippen LogP contribution in [0, 0.1) is 11.8 Å². The van der Waals surface area contributed by atoms with Crippen molar-refractivity contribution in [2.45, 2.75) is 76.5 Å². The number of nitrogens with zero attached hydrogens (tertiary/aromatic N) is 3. The van der Waals surface area contributed by atoms with Gasteiger partial charge in [0.25, 0.3) is 0 Å². The van der Waals surface area contributed by atoms with Crippen LogP contribution < -0.4 is 9.64 Å². The molecule has 9 nitrogen and oxygen atoms in total. The lowest BCUT2D eigenvalue weighted by molar-refractivity contribution is -0.147. The van der Waals surface area contributed by atoms with E-state index in [4.69, 9.17) is 9.47 Å². The van der Waals surface area contributed by atoms with Gasteiger partial charge in [0.2, 0.25) is 17.7 Å². The standard InChI is InChI=1S/C33H47N3O6/c1-5-9-21-34(19-6-2)32(40)29-33-18-17-26(42-33)27(28(33)31(39)36(29)22-11-10-12-23-37)30(38)35(20-7-3)24-13-15-25(16-14-24)41-8-4/h6-7,13-16,26-29,37H,2-3,5,8-12,17-23H2,1,4H3/t26-,27+,28+,29?,33?/m1/s1. The lowest BCUT2D eigenvalue weighted by atomic mass is 9.70. The van der Waals surface area contributed by atoms with Crippen molar-refractivity contribution in [3.63, 3.8) is 0 Å². The van der Waals surface area contributed by atoms with E-state index in [-0.39, 0.29) is 30.9 Å². The topological polar surface area (TPSA) is 99.6 Å². The van der Waals surface area contributed by atoms with Crippen molar-refractivity contribution in [1.29, 1.82) is 0 Å². The Morgan fingerprint density at radius 2 is 1.83 bits per heavy atom. The summed E-state index contributed by atoms with van der Waals surface area (Å²) in [7, 11) is 0. The Morgan fingerprint density at radius 3 is 2.48 bits per heavy atom. The zero-order valence-corrected chi connectivity index (χ0v) is 25.2. The number of carbonyl (C=O) groups is 3. The molecule has 0 aromatic heterocycles. The molecular formula is C33H47N3O6. The van der Waals surface area contributed by atoms with E-state index in [2.05, 4.69) is 20.1 Å². The molecule has 3 heterocycles. The van der Waals surface area contributed by atoms with Gasteiger partial charge in [-0.2, -0.15) is 0 Å². The third-order valence-corrected chi connectivity index (χ3v) is 8.86.